The zero-order valence-electron chi connectivity index (χ0n) is 15.7. The van der Waals surface area contributed by atoms with Gasteiger partial charge in [-0.05, 0) is 48.0 Å². The normalized spacial score (nSPS) is 10.1. The second-order valence-electron chi connectivity index (χ2n) is 6.18. The van der Waals surface area contributed by atoms with Gasteiger partial charge >= 0.3 is 0 Å². The lowest BCUT2D eigenvalue weighted by Crippen LogP contribution is -2.24. The van der Waals surface area contributed by atoms with Gasteiger partial charge < -0.3 is 16.0 Å². The molecule has 0 radical (unpaired) electrons. The van der Waals surface area contributed by atoms with Gasteiger partial charge in [0, 0.05) is 49.0 Å². The van der Waals surface area contributed by atoms with Crippen LogP contribution in [0.4, 0.5) is 11.4 Å². The van der Waals surface area contributed by atoms with Crippen LogP contribution in [0.15, 0.2) is 67.1 Å². The fourth-order valence-electron chi connectivity index (χ4n) is 2.55. The Balaban J connectivity index is 1.66. The van der Waals surface area contributed by atoms with Gasteiger partial charge in [-0.1, -0.05) is 6.07 Å². The van der Waals surface area contributed by atoms with Gasteiger partial charge in [-0.2, -0.15) is 0 Å². The van der Waals surface area contributed by atoms with Gasteiger partial charge in [-0.15, -0.1) is 0 Å². The highest BCUT2D eigenvalue weighted by Gasteiger charge is 2.12. The largest absolute Gasteiger partial charge is 0.347 e. The van der Waals surface area contributed by atoms with Crippen LogP contribution in [0, 0.1) is 0 Å². The molecule has 0 saturated carbocycles. The minimum absolute atomic E-state index is 0.138. The number of carbonyl (C=O) groups excluding carboxylic acids is 3. The monoisotopic (exact) mass is 389 g/mol. The fourth-order valence-corrected chi connectivity index (χ4v) is 2.55. The first-order chi connectivity index (χ1) is 14.0. The summed E-state index contributed by atoms with van der Waals surface area (Å²) in [6.45, 7) is 1.74. The molecule has 0 spiro atoms. The molecule has 2 aromatic heterocycles. The third-order valence-corrected chi connectivity index (χ3v) is 3.90. The standard InChI is InChI=1S/C21H19N5O3/c1-14(27)25-17-3-2-4-18(12-17)26-20(28)16-7-10-23-19(11-16)21(29)24-13-15-5-8-22-9-6-15/h2-12H,13H2,1H3,(H,24,29)(H,25,27)(H,26,28). The molecule has 3 N–H and O–H groups in total. The lowest BCUT2D eigenvalue weighted by Gasteiger charge is -2.09. The van der Waals surface area contributed by atoms with Crippen molar-refractivity contribution in [3.8, 4) is 0 Å². The van der Waals surface area contributed by atoms with Crippen LogP contribution >= 0.6 is 0 Å². The highest BCUT2D eigenvalue weighted by atomic mass is 16.2. The zero-order chi connectivity index (χ0) is 20.6. The lowest BCUT2D eigenvalue weighted by molar-refractivity contribution is -0.114. The minimum Gasteiger partial charge on any atom is -0.347 e. The van der Waals surface area contributed by atoms with Gasteiger partial charge in [-0.3, -0.25) is 24.4 Å². The van der Waals surface area contributed by atoms with Crippen LogP contribution < -0.4 is 16.0 Å². The summed E-state index contributed by atoms with van der Waals surface area (Å²) in [5.74, 6) is -0.982. The van der Waals surface area contributed by atoms with E-state index in [-0.39, 0.29) is 17.5 Å². The number of nitrogens with zero attached hydrogens (tertiary/aromatic N) is 2. The molecule has 3 amide bonds. The summed E-state index contributed by atoms with van der Waals surface area (Å²) < 4.78 is 0. The van der Waals surface area contributed by atoms with E-state index in [0.29, 0.717) is 23.5 Å². The first-order valence-corrected chi connectivity index (χ1v) is 8.83. The molecule has 1 aromatic carbocycles. The average Bonchev–Trinajstić information content (AvgIpc) is 2.72. The molecular formula is C21H19N5O3. The Morgan fingerprint density at radius 1 is 0.862 bits per heavy atom. The Morgan fingerprint density at radius 3 is 2.31 bits per heavy atom. The molecule has 0 bridgehead atoms. The Kier molecular flexibility index (Phi) is 6.26. The predicted octanol–water partition coefficient (Wildman–Crippen LogP) is 2.62. The number of amides is 3. The minimum atomic E-state index is -0.393. The van der Waals surface area contributed by atoms with E-state index in [2.05, 4.69) is 25.9 Å². The third-order valence-electron chi connectivity index (χ3n) is 3.90. The van der Waals surface area contributed by atoms with Crippen molar-refractivity contribution in [2.75, 3.05) is 10.6 Å². The first-order valence-electron chi connectivity index (χ1n) is 8.83. The van der Waals surface area contributed by atoms with Crippen LogP contribution in [0.2, 0.25) is 0 Å². The zero-order valence-corrected chi connectivity index (χ0v) is 15.7. The summed E-state index contributed by atoms with van der Waals surface area (Å²) in [5.41, 5.74) is 2.42. The van der Waals surface area contributed by atoms with Gasteiger partial charge in [0.25, 0.3) is 11.8 Å². The quantitative estimate of drug-likeness (QED) is 0.600. The van der Waals surface area contributed by atoms with Crippen molar-refractivity contribution >= 4 is 29.1 Å². The number of pyridine rings is 2. The molecule has 8 nitrogen and oxygen atoms in total. The van der Waals surface area contributed by atoms with Crippen LogP contribution in [0.3, 0.4) is 0 Å². The summed E-state index contributed by atoms with van der Waals surface area (Å²) in [5, 5.41) is 8.15. The molecule has 146 valence electrons. The Hall–Kier alpha value is -4.07. The predicted molar refractivity (Wildman–Crippen MR) is 108 cm³/mol. The SMILES string of the molecule is CC(=O)Nc1cccc(NC(=O)c2ccnc(C(=O)NCc3ccncc3)c2)c1. The van der Waals surface area contributed by atoms with Crippen molar-refractivity contribution in [2.24, 2.45) is 0 Å². The topological polar surface area (TPSA) is 113 Å². The molecule has 0 aliphatic carbocycles. The van der Waals surface area contributed by atoms with Crippen molar-refractivity contribution in [3.05, 3.63) is 83.9 Å². The van der Waals surface area contributed by atoms with E-state index in [1.165, 1.54) is 25.3 Å². The highest BCUT2D eigenvalue weighted by molar-refractivity contribution is 6.06. The van der Waals surface area contributed by atoms with E-state index in [1.807, 2.05) is 0 Å². The maximum Gasteiger partial charge on any atom is 0.270 e. The third kappa shape index (κ3) is 5.70. The molecule has 0 fully saturated rings. The number of hydrogen-bond donors (Lipinski definition) is 3. The van der Waals surface area contributed by atoms with E-state index < -0.39 is 5.91 Å². The molecule has 0 aliphatic rings. The number of carbonyl (C=O) groups is 3. The molecular weight excluding hydrogens is 370 g/mol. The summed E-state index contributed by atoms with van der Waals surface area (Å²) >= 11 is 0. The molecule has 0 unspecified atom stereocenters. The van der Waals surface area contributed by atoms with Crippen LogP contribution in [0.25, 0.3) is 0 Å². The molecule has 3 rings (SSSR count). The fraction of sp³-hybridized carbons (Fsp3) is 0.0952. The molecule has 0 atom stereocenters. The summed E-state index contributed by atoms with van der Waals surface area (Å²) in [6.07, 6.45) is 4.70. The highest BCUT2D eigenvalue weighted by Crippen LogP contribution is 2.16. The van der Waals surface area contributed by atoms with E-state index >= 15 is 0 Å². The smallest absolute Gasteiger partial charge is 0.270 e. The lowest BCUT2D eigenvalue weighted by atomic mass is 10.2. The molecule has 2 heterocycles. The summed E-state index contributed by atoms with van der Waals surface area (Å²) in [6, 6.07) is 13.3. The van der Waals surface area contributed by atoms with Gasteiger partial charge in [0.15, 0.2) is 0 Å². The van der Waals surface area contributed by atoms with Crippen molar-refractivity contribution in [1.82, 2.24) is 15.3 Å². The summed E-state index contributed by atoms with van der Waals surface area (Å²) in [7, 11) is 0. The van der Waals surface area contributed by atoms with Crippen molar-refractivity contribution < 1.29 is 14.4 Å². The summed E-state index contributed by atoms with van der Waals surface area (Å²) in [4.78, 5) is 44.0. The van der Waals surface area contributed by atoms with Crippen molar-refractivity contribution in [2.45, 2.75) is 13.5 Å². The van der Waals surface area contributed by atoms with Gasteiger partial charge in [0.2, 0.25) is 5.91 Å². The van der Waals surface area contributed by atoms with E-state index in [1.54, 1.807) is 48.8 Å². The molecule has 8 heteroatoms. The maximum atomic E-state index is 12.5. The van der Waals surface area contributed by atoms with E-state index in [4.69, 9.17) is 0 Å². The van der Waals surface area contributed by atoms with Gasteiger partial charge in [0.05, 0.1) is 0 Å². The van der Waals surface area contributed by atoms with Crippen molar-refractivity contribution in [3.63, 3.8) is 0 Å². The first kappa shape index (κ1) is 19.7. The average molecular weight is 389 g/mol. The number of rotatable bonds is 6. The number of nitrogens with one attached hydrogen (secondary N) is 3. The Bertz CT molecular complexity index is 1040. The maximum absolute atomic E-state index is 12.5. The number of benzene rings is 1. The second kappa shape index (κ2) is 9.23. The molecule has 0 saturated heterocycles. The van der Waals surface area contributed by atoms with Crippen molar-refractivity contribution in [1.29, 1.82) is 0 Å². The number of hydrogen-bond acceptors (Lipinski definition) is 5. The number of aromatic nitrogens is 2. The Labute approximate surface area is 167 Å². The van der Waals surface area contributed by atoms with E-state index in [9.17, 15) is 14.4 Å². The van der Waals surface area contributed by atoms with Crippen LogP contribution in [0.1, 0.15) is 33.3 Å². The molecule has 29 heavy (non-hydrogen) atoms. The molecule has 3 aromatic rings. The second-order valence-corrected chi connectivity index (χ2v) is 6.18. The van der Waals surface area contributed by atoms with Crippen LogP contribution in [-0.2, 0) is 11.3 Å². The van der Waals surface area contributed by atoms with Crippen LogP contribution in [0.5, 0.6) is 0 Å². The van der Waals surface area contributed by atoms with E-state index in [0.717, 1.165) is 5.56 Å². The molecule has 0 aliphatic heterocycles. The number of anilines is 2. The van der Waals surface area contributed by atoms with Crippen LogP contribution in [-0.4, -0.2) is 27.7 Å². The van der Waals surface area contributed by atoms with Gasteiger partial charge in [0.1, 0.15) is 5.69 Å². The van der Waals surface area contributed by atoms with Gasteiger partial charge in [-0.25, -0.2) is 0 Å². The Morgan fingerprint density at radius 2 is 1.59 bits per heavy atom.